The predicted octanol–water partition coefficient (Wildman–Crippen LogP) is 1.02. The highest BCUT2D eigenvalue weighted by atomic mass is 19.3. The van der Waals surface area contributed by atoms with Gasteiger partial charge in [-0.15, -0.1) is 0 Å². The molecule has 0 saturated carbocycles. The van der Waals surface area contributed by atoms with Crippen molar-refractivity contribution in [2.24, 2.45) is 0 Å². The number of carboxylic acid groups (broad SMARTS) is 1. The molecule has 6 heteroatoms. The van der Waals surface area contributed by atoms with E-state index in [0.29, 0.717) is 0 Å². The highest BCUT2D eigenvalue weighted by Gasteiger charge is 2.47. The van der Waals surface area contributed by atoms with Crippen molar-refractivity contribution < 1.29 is 23.4 Å². The summed E-state index contributed by atoms with van der Waals surface area (Å²) in [5.41, 5.74) is 0. The minimum Gasteiger partial charge on any atom is -0.465 e. The molecule has 1 atom stereocenters. The maximum atomic E-state index is 12.8. The van der Waals surface area contributed by atoms with Gasteiger partial charge in [-0.1, -0.05) is 0 Å². The average Bonchev–Trinajstić information content (AvgIpc) is 2.26. The minimum absolute atomic E-state index is 0.0158. The molecule has 0 aromatic heterocycles. The van der Waals surface area contributed by atoms with Crippen LogP contribution in [0.2, 0.25) is 0 Å². The maximum Gasteiger partial charge on any atom is 0.407 e. The number of amides is 1. The van der Waals surface area contributed by atoms with Gasteiger partial charge in [-0.25, -0.2) is 13.6 Å². The van der Waals surface area contributed by atoms with Crippen LogP contribution in [0.25, 0.3) is 0 Å². The van der Waals surface area contributed by atoms with Crippen LogP contribution in [-0.2, 0) is 4.74 Å². The zero-order valence-electron chi connectivity index (χ0n) is 7.17. The molecular formula is C7H11F2NO3. The second-order valence-electron chi connectivity index (χ2n) is 3.08. The van der Waals surface area contributed by atoms with Crippen molar-refractivity contribution in [2.75, 3.05) is 20.3 Å². The highest BCUT2D eigenvalue weighted by molar-refractivity contribution is 5.66. The summed E-state index contributed by atoms with van der Waals surface area (Å²) in [6.07, 6.45) is -1.77. The van der Waals surface area contributed by atoms with E-state index in [1.54, 1.807) is 0 Å². The van der Waals surface area contributed by atoms with Crippen LogP contribution in [0.1, 0.15) is 6.42 Å². The fourth-order valence-electron chi connectivity index (χ4n) is 1.46. The molecule has 0 aromatic carbocycles. The number of likely N-dealkylation sites (tertiary alicyclic amines) is 1. The maximum absolute atomic E-state index is 12.8. The summed E-state index contributed by atoms with van der Waals surface area (Å²) in [7, 11) is 1.36. The van der Waals surface area contributed by atoms with Gasteiger partial charge in [-0.2, -0.15) is 0 Å². The van der Waals surface area contributed by atoms with E-state index < -0.39 is 31.0 Å². The fourth-order valence-corrected chi connectivity index (χ4v) is 1.46. The molecule has 0 spiro atoms. The lowest BCUT2D eigenvalue weighted by atomic mass is 10.2. The Balaban J connectivity index is 2.65. The molecule has 1 rings (SSSR count). The van der Waals surface area contributed by atoms with Crippen molar-refractivity contribution >= 4 is 6.09 Å². The molecule has 0 aromatic rings. The molecule has 0 radical (unpaired) electrons. The highest BCUT2D eigenvalue weighted by Crippen LogP contribution is 2.31. The minimum atomic E-state index is -2.92. The van der Waals surface area contributed by atoms with Gasteiger partial charge in [-0.05, 0) is 0 Å². The summed E-state index contributed by atoms with van der Waals surface area (Å²) in [5.74, 6) is -2.92. The first-order valence-corrected chi connectivity index (χ1v) is 3.82. The van der Waals surface area contributed by atoms with Gasteiger partial charge in [0, 0.05) is 13.5 Å². The normalized spacial score (nSPS) is 26.4. The smallest absolute Gasteiger partial charge is 0.407 e. The third-order valence-corrected chi connectivity index (χ3v) is 1.98. The fraction of sp³-hybridized carbons (Fsp3) is 0.857. The van der Waals surface area contributed by atoms with E-state index >= 15 is 0 Å². The quantitative estimate of drug-likeness (QED) is 0.715. The first-order chi connectivity index (χ1) is 5.96. The summed E-state index contributed by atoms with van der Waals surface area (Å²) in [6.45, 7) is -0.710. The predicted molar refractivity (Wildman–Crippen MR) is 40.0 cm³/mol. The standard InChI is InChI=1S/C7H11F2NO3/c1-13-3-5-2-7(8,9)4-10(5)6(11)12/h5H,2-4H2,1H3,(H,11,12)/t5-/m1/s1. The largest absolute Gasteiger partial charge is 0.465 e. The van der Waals surface area contributed by atoms with Crippen LogP contribution >= 0.6 is 0 Å². The molecule has 1 amide bonds. The molecule has 1 aliphatic rings. The number of ether oxygens (including phenoxy) is 1. The third kappa shape index (κ3) is 2.27. The molecule has 13 heavy (non-hydrogen) atoms. The van der Waals surface area contributed by atoms with Crippen LogP contribution in [0.4, 0.5) is 13.6 Å². The van der Waals surface area contributed by atoms with Crippen molar-refractivity contribution in [1.29, 1.82) is 0 Å². The van der Waals surface area contributed by atoms with E-state index in [0.717, 1.165) is 4.90 Å². The lowest BCUT2D eigenvalue weighted by Crippen LogP contribution is -2.37. The van der Waals surface area contributed by atoms with Crippen LogP contribution in [0.3, 0.4) is 0 Å². The Hall–Kier alpha value is -0.910. The van der Waals surface area contributed by atoms with Crippen molar-refractivity contribution in [1.82, 2.24) is 4.90 Å². The Bertz CT molecular complexity index is 210. The van der Waals surface area contributed by atoms with Crippen molar-refractivity contribution in [3.63, 3.8) is 0 Å². The zero-order valence-corrected chi connectivity index (χ0v) is 7.17. The number of halogens is 2. The van der Waals surface area contributed by atoms with E-state index in [2.05, 4.69) is 4.74 Å². The molecule has 4 nitrogen and oxygen atoms in total. The first kappa shape index (κ1) is 10.2. The molecule has 0 aliphatic carbocycles. The molecule has 0 unspecified atom stereocenters. The molecule has 1 fully saturated rings. The van der Waals surface area contributed by atoms with Gasteiger partial charge in [0.2, 0.25) is 0 Å². The van der Waals surface area contributed by atoms with Gasteiger partial charge in [0.05, 0.1) is 19.2 Å². The monoisotopic (exact) mass is 195 g/mol. The first-order valence-electron chi connectivity index (χ1n) is 3.82. The Labute approximate surface area is 74.1 Å². The molecule has 1 N–H and O–H groups in total. The van der Waals surface area contributed by atoms with E-state index in [1.165, 1.54) is 7.11 Å². The molecule has 1 heterocycles. The molecule has 0 bridgehead atoms. The number of hydrogen-bond acceptors (Lipinski definition) is 2. The second kappa shape index (κ2) is 3.45. The van der Waals surface area contributed by atoms with Crippen molar-refractivity contribution in [2.45, 2.75) is 18.4 Å². The topological polar surface area (TPSA) is 49.8 Å². The van der Waals surface area contributed by atoms with Gasteiger partial charge in [0.15, 0.2) is 0 Å². The van der Waals surface area contributed by atoms with Crippen molar-refractivity contribution in [3.05, 3.63) is 0 Å². The van der Waals surface area contributed by atoms with Crippen LogP contribution in [0, 0.1) is 0 Å². The van der Waals surface area contributed by atoms with Crippen LogP contribution in [-0.4, -0.2) is 48.3 Å². The Kier molecular flexibility index (Phi) is 2.70. The number of carbonyl (C=O) groups is 1. The zero-order chi connectivity index (χ0) is 10.1. The van der Waals surface area contributed by atoms with E-state index in [-0.39, 0.29) is 6.61 Å². The van der Waals surface area contributed by atoms with Crippen molar-refractivity contribution in [3.8, 4) is 0 Å². The van der Waals surface area contributed by atoms with Crippen LogP contribution in [0.15, 0.2) is 0 Å². The van der Waals surface area contributed by atoms with E-state index in [4.69, 9.17) is 5.11 Å². The van der Waals surface area contributed by atoms with E-state index in [9.17, 15) is 13.6 Å². The number of methoxy groups -OCH3 is 1. The summed E-state index contributed by atoms with van der Waals surface area (Å²) < 4.78 is 30.2. The Morgan fingerprint density at radius 2 is 2.38 bits per heavy atom. The van der Waals surface area contributed by atoms with Gasteiger partial charge < -0.3 is 9.84 Å². The summed E-state index contributed by atoms with van der Waals surface area (Å²) >= 11 is 0. The average molecular weight is 195 g/mol. The number of nitrogens with zero attached hydrogens (tertiary/aromatic N) is 1. The third-order valence-electron chi connectivity index (χ3n) is 1.98. The molecule has 1 saturated heterocycles. The van der Waals surface area contributed by atoms with Gasteiger partial charge in [0.25, 0.3) is 5.92 Å². The van der Waals surface area contributed by atoms with Crippen LogP contribution in [0.5, 0.6) is 0 Å². The SMILES string of the molecule is COC[C@H]1CC(F)(F)CN1C(=O)O. The summed E-state index contributed by atoms with van der Waals surface area (Å²) in [4.78, 5) is 11.2. The number of hydrogen-bond donors (Lipinski definition) is 1. The van der Waals surface area contributed by atoms with Gasteiger partial charge in [0.1, 0.15) is 0 Å². The molecular weight excluding hydrogens is 184 g/mol. The summed E-state index contributed by atoms with van der Waals surface area (Å²) in [5, 5.41) is 8.58. The molecule has 76 valence electrons. The second-order valence-corrected chi connectivity index (χ2v) is 3.08. The summed E-state index contributed by atoms with van der Waals surface area (Å²) in [6, 6.07) is -0.725. The van der Waals surface area contributed by atoms with Gasteiger partial charge >= 0.3 is 6.09 Å². The van der Waals surface area contributed by atoms with Gasteiger partial charge in [-0.3, -0.25) is 4.90 Å². The Morgan fingerprint density at radius 1 is 1.77 bits per heavy atom. The van der Waals surface area contributed by atoms with Crippen LogP contribution < -0.4 is 0 Å². The van der Waals surface area contributed by atoms with E-state index in [1.807, 2.05) is 0 Å². The number of alkyl halides is 2. The lowest BCUT2D eigenvalue weighted by molar-refractivity contribution is 0.0121. The Morgan fingerprint density at radius 3 is 2.85 bits per heavy atom. The lowest BCUT2D eigenvalue weighted by Gasteiger charge is -2.19. The molecule has 1 aliphatic heterocycles. The number of rotatable bonds is 2.